The van der Waals surface area contributed by atoms with E-state index in [1.54, 1.807) is 0 Å². The third-order valence-electron chi connectivity index (χ3n) is 5.64. The molecule has 0 bridgehead atoms. The van der Waals surface area contributed by atoms with E-state index in [4.69, 9.17) is 9.97 Å². The molecular formula is C26H24N4O2Se2. The summed E-state index contributed by atoms with van der Waals surface area (Å²) in [5, 5.41) is 11.3. The van der Waals surface area contributed by atoms with Crippen molar-refractivity contribution in [1.82, 2.24) is 9.97 Å². The summed E-state index contributed by atoms with van der Waals surface area (Å²) in [7, 11) is 7.86. The van der Waals surface area contributed by atoms with Gasteiger partial charge < -0.3 is 0 Å². The molecule has 0 radical (unpaired) electrons. The van der Waals surface area contributed by atoms with Gasteiger partial charge in [-0.05, 0) is 0 Å². The molecule has 1 aliphatic rings. The number of aliphatic hydroxyl groups excluding tert-OH is 1. The van der Waals surface area contributed by atoms with Gasteiger partial charge in [0.1, 0.15) is 0 Å². The first-order valence-electron chi connectivity index (χ1n) is 10.8. The molecule has 2 heterocycles. The number of aromatic nitrogens is 2. The zero-order valence-corrected chi connectivity index (χ0v) is 22.7. The van der Waals surface area contributed by atoms with Crippen molar-refractivity contribution in [3.8, 4) is 22.5 Å². The van der Waals surface area contributed by atoms with Crippen LogP contribution in [0.25, 0.3) is 28.1 Å². The van der Waals surface area contributed by atoms with Crippen molar-refractivity contribution >= 4 is 49.7 Å². The Bertz CT molecular complexity index is 1390. The second-order valence-electron chi connectivity index (χ2n) is 8.46. The number of aliphatic hydroxyl groups is 1. The Morgan fingerprint density at radius 1 is 0.765 bits per heavy atom. The molecule has 0 amide bonds. The molecule has 34 heavy (non-hydrogen) atoms. The molecule has 1 unspecified atom stereocenters. The summed E-state index contributed by atoms with van der Waals surface area (Å²) in [6.45, 7) is 0. The van der Waals surface area contributed by atoms with E-state index in [2.05, 4.69) is 0 Å². The van der Waals surface area contributed by atoms with Crippen molar-refractivity contribution in [2.45, 2.75) is 5.92 Å². The third kappa shape index (κ3) is 3.87. The van der Waals surface area contributed by atoms with Crippen LogP contribution in [0.3, 0.4) is 0 Å². The first kappa shape index (κ1) is 22.9. The van der Waals surface area contributed by atoms with Crippen molar-refractivity contribution in [1.29, 1.82) is 0 Å². The first-order chi connectivity index (χ1) is 16.4. The molecule has 5 rings (SSSR count). The maximum absolute atomic E-state index is 13.7. The summed E-state index contributed by atoms with van der Waals surface area (Å²) in [5.74, 6) is -0.500. The molecule has 6 nitrogen and oxygen atoms in total. The molecule has 2 aromatic carbocycles. The molecule has 2 aromatic heterocycles. The molecule has 0 aliphatic heterocycles. The number of carbonyl (C=O) groups excluding carboxylic acids is 1. The number of hydrogen-bond donors (Lipinski definition) is 1. The second kappa shape index (κ2) is 9.05. The zero-order valence-electron chi connectivity index (χ0n) is 19.3. The van der Waals surface area contributed by atoms with Crippen molar-refractivity contribution in [2.24, 2.45) is 0 Å². The van der Waals surface area contributed by atoms with Crippen LogP contribution in [0.15, 0.2) is 66.4 Å². The number of rotatable bonds is 6. The Morgan fingerprint density at radius 3 is 1.79 bits per heavy atom. The topological polar surface area (TPSA) is 69.6 Å². The molecule has 0 saturated carbocycles. The van der Waals surface area contributed by atoms with E-state index in [0.29, 0.717) is 5.57 Å². The minimum absolute atomic E-state index is 0.0291. The third-order valence-corrected chi connectivity index (χ3v) is 11.0. The van der Waals surface area contributed by atoms with E-state index < -0.39 is 5.92 Å². The van der Waals surface area contributed by atoms with Gasteiger partial charge in [-0.25, -0.2) is 0 Å². The summed E-state index contributed by atoms with van der Waals surface area (Å²) < 4.78 is 3.67. The predicted octanol–water partition coefficient (Wildman–Crippen LogP) is 3.69. The fourth-order valence-corrected chi connectivity index (χ4v) is 8.48. The van der Waals surface area contributed by atoms with Crippen LogP contribution in [0.4, 0.5) is 9.38 Å². The van der Waals surface area contributed by atoms with Gasteiger partial charge in [0.25, 0.3) is 0 Å². The fraction of sp³-hybridized carbons (Fsp3) is 0.192. The molecule has 172 valence electrons. The van der Waals surface area contributed by atoms with Crippen LogP contribution in [-0.4, -0.2) is 78.1 Å². The minimum atomic E-state index is -0.630. The summed E-state index contributed by atoms with van der Waals surface area (Å²) in [5.41, 5.74) is 3.97. The molecule has 1 aliphatic carbocycles. The first-order valence-corrected chi connectivity index (χ1v) is 14.2. The van der Waals surface area contributed by atoms with Gasteiger partial charge in [0.2, 0.25) is 0 Å². The van der Waals surface area contributed by atoms with Crippen LogP contribution in [0.5, 0.6) is 0 Å². The summed E-state index contributed by atoms with van der Waals surface area (Å²) in [6, 6.07) is 19.8. The van der Waals surface area contributed by atoms with Crippen LogP contribution >= 0.6 is 0 Å². The maximum atomic E-state index is 13.7. The quantitative estimate of drug-likeness (QED) is 0.350. The van der Waals surface area contributed by atoms with Crippen molar-refractivity contribution < 1.29 is 9.90 Å². The van der Waals surface area contributed by atoms with E-state index in [1.165, 1.54) is 0 Å². The monoisotopic (exact) mass is 584 g/mol. The molecule has 0 spiro atoms. The van der Waals surface area contributed by atoms with Gasteiger partial charge in [0.15, 0.2) is 0 Å². The zero-order chi connectivity index (χ0) is 24.0. The van der Waals surface area contributed by atoms with Gasteiger partial charge >= 0.3 is 211 Å². The molecule has 1 atom stereocenters. The molecule has 8 heteroatoms. The van der Waals surface area contributed by atoms with Gasteiger partial charge in [-0.15, -0.1) is 0 Å². The van der Waals surface area contributed by atoms with E-state index in [-0.39, 0.29) is 40.5 Å². The fourth-order valence-electron chi connectivity index (χ4n) is 3.90. The molecular weight excluding hydrogens is 558 g/mol. The number of ketones is 1. The predicted molar refractivity (Wildman–Crippen MR) is 139 cm³/mol. The summed E-state index contributed by atoms with van der Waals surface area (Å²) >= 11 is -0.307. The average Bonchev–Trinajstić information content (AvgIpc) is 3.46. The van der Waals surface area contributed by atoms with Gasteiger partial charge in [0.05, 0.1) is 0 Å². The Hall–Kier alpha value is -2.89. The van der Waals surface area contributed by atoms with E-state index in [9.17, 15) is 9.90 Å². The molecule has 0 saturated heterocycles. The van der Waals surface area contributed by atoms with Crippen LogP contribution in [0.1, 0.15) is 14.8 Å². The summed E-state index contributed by atoms with van der Waals surface area (Å²) in [4.78, 5) is 27.3. The van der Waals surface area contributed by atoms with Crippen LogP contribution < -0.4 is 9.80 Å². The number of hydrogen-bond acceptors (Lipinski definition) is 6. The van der Waals surface area contributed by atoms with E-state index >= 15 is 0 Å². The van der Waals surface area contributed by atoms with Crippen LogP contribution in [0, 0.1) is 0 Å². The number of nitrogens with zero attached hydrogens (tertiary/aromatic N) is 4. The summed E-state index contributed by atoms with van der Waals surface area (Å²) in [6.07, 6.45) is 0. The average molecular weight is 582 g/mol. The second-order valence-corrected chi connectivity index (χ2v) is 12.6. The number of carbonyl (C=O) groups is 1. The Morgan fingerprint density at radius 2 is 1.26 bits per heavy atom. The SMILES string of the molecule is CN(C)c1nc(-c2ccccc2)c(C2=C(O)C(c3[se]c(N(C)C)nc3-c3ccccc3)C2=O)[se]1. The van der Waals surface area contributed by atoms with Gasteiger partial charge in [-0.3, -0.25) is 0 Å². The Labute approximate surface area is 210 Å². The van der Waals surface area contributed by atoms with Gasteiger partial charge in [-0.1, -0.05) is 0 Å². The van der Waals surface area contributed by atoms with E-state index in [0.717, 1.165) is 40.8 Å². The Balaban J connectivity index is 1.63. The number of allylic oxidation sites excluding steroid dienone is 2. The van der Waals surface area contributed by atoms with Crippen molar-refractivity contribution in [3.63, 3.8) is 0 Å². The van der Waals surface area contributed by atoms with Crippen LogP contribution in [-0.2, 0) is 4.79 Å². The normalized spacial score (nSPS) is 15.4. The van der Waals surface area contributed by atoms with Gasteiger partial charge in [0, 0.05) is 0 Å². The van der Waals surface area contributed by atoms with Crippen molar-refractivity contribution in [2.75, 3.05) is 38.0 Å². The van der Waals surface area contributed by atoms with Gasteiger partial charge in [-0.2, -0.15) is 0 Å². The molecule has 0 fully saturated rings. The molecule has 4 aromatic rings. The standard InChI is InChI=1S/C26H24N4O2Se2/c1-29(2)25-27-19(15-11-7-5-8-12-15)23(33-25)17-21(31)18(22(17)32)24-20(16-13-9-6-10-14-16)28-26(34-24)30(3)4/h5-14,17,31H,1-4H3. The number of benzene rings is 2. The number of Topliss-reactive ketones (excluding diaryl/α,β-unsaturated/α-hetero) is 1. The van der Waals surface area contributed by atoms with Crippen LogP contribution in [0.2, 0.25) is 0 Å². The van der Waals surface area contributed by atoms with E-state index in [1.807, 2.05) is 98.7 Å². The Kier molecular flexibility index (Phi) is 6.09. The molecule has 1 N–H and O–H groups in total. The number of anilines is 2. The van der Waals surface area contributed by atoms with Crippen molar-refractivity contribution in [3.05, 3.63) is 75.3 Å².